The van der Waals surface area contributed by atoms with Crippen LogP contribution in [0.4, 0.5) is 11.4 Å². The average molecular weight is 526 g/mol. The van der Waals surface area contributed by atoms with Crippen LogP contribution in [0.5, 0.6) is 0 Å². The lowest BCUT2D eigenvalue weighted by Crippen LogP contribution is -2.42. The topological polar surface area (TPSA) is 99.6 Å². The number of thiazole rings is 1. The van der Waals surface area contributed by atoms with Crippen molar-refractivity contribution < 1.29 is 19.5 Å². The molecule has 0 bridgehead atoms. The summed E-state index contributed by atoms with van der Waals surface area (Å²) in [6, 6.07) is 8.92. The number of nitrogens with zero attached hydrogens (tertiary/aromatic N) is 2. The van der Waals surface area contributed by atoms with Gasteiger partial charge in [-0.05, 0) is 76.1 Å². The SMILES string of the molecule is Cc1ncsc1C(=O)Nc1ccc(-c2cc(N(C(=O)C3CCC(C)CC3)C(C)C)c(C(=O)O)s2)cc1. The van der Waals surface area contributed by atoms with Gasteiger partial charge in [-0.1, -0.05) is 19.1 Å². The Morgan fingerprint density at radius 2 is 1.75 bits per heavy atom. The van der Waals surface area contributed by atoms with Gasteiger partial charge in [-0.15, -0.1) is 22.7 Å². The van der Waals surface area contributed by atoms with E-state index in [0.717, 1.165) is 47.5 Å². The minimum absolute atomic E-state index is 0.0140. The van der Waals surface area contributed by atoms with E-state index in [4.69, 9.17) is 0 Å². The van der Waals surface area contributed by atoms with Crippen molar-refractivity contribution in [3.05, 3.63) is 51.3 Å². The first-order chi connectivity index (χ1) is 17.2. The summed E-state index contributed by atoms with van der Waals surface area (Å²) in [6.07, 6.45) is 3.73. The molecule has 7 nitrogen and oxygen atoms in total. The van der Waals surface area contributed by atoms with Crippen molar-refractivity contribution in [2.45, 2.75) is 59.4 Å². The average Bonchev–Trinajstić information content (AvgIpc) is 3.47. The minimum Gasteiger partial charge on any atom is -0.477 e. The third-order valence-electron chi connectivity index (χ3n) is 6.66. The smallest absolute Gasteiger partial charge is 0.348 e. The Morgan fingerprint density at radius 1 is 1.08 bits per heavy atom. The van der Waals surface area contributed by atoms with Crippen LogP contribution in [0.3, 0.4) is 0 Å². The fourth-order valence-electron chi connectivity index (χ4n) is 4.64. The predicted molar refractivity (Wildman–Crippen MR) is 145 cm³/mol. The second-order valence-corrected chi connectivity index (χ2v) is 11.6. The molecule has 4 rings (SSSR count). The Bertz CT molecular complexity index is 1250. The first kappa shape index (κ1) is 26.0. The summed E-state index contributed by atoms with van der Waals surface area (Å²) >= 11 is 2.46. The normalized spacial score (nSPS) is 17.7. The van der Waals surface area contributed by atoms with Gasteiger partial charge in [-0.2, -0.15) is 0 Å². The van der Waals surface area contributed by atoms with Crippen molar-refractivity contribution in [1.82, 2.24) is 4.98 Å². The molecule has 190 valence electrons. The highest BCUT2D eigenvalue weighted by molar-refractivity contribution is 7.18. The number of benzene rings is 1. The number of hydrogen-bond acceptors (Lipinski definition) is 6. The van der Waals surface area contributed by atoms with Gasteiger partial charge in [-0.25, -0.2) is 9.78 Å². The zero-order chi connectivity index (χ0) is 26.0. The van der Waals surface area contributed by atoms with Crippen LogP contribution in [0.25, 0.3) is 10.4 Å². The highest BCUT2D eigenvalue weighted by Gasteiger charge is 2.33. The maximum Gasteiger partial charge on any atom is 0.348 e. The number of aryl methyl sites for hydroxylation is 1. The highest BCUT2D eigenvalue weighted by Crippen LogP contribution is 2.40. The molecule has 0 radical (unpaired) electrons. The van der Waals surface area contributed by atoms with E-state index in [1.807, 2.05) is 32.0 Å². The molecule has 1 fully saturated rings. The number of aromatic carboxylic acids is 1. The predicted octanol–water partition coefficient (Wildman–Crippen LogP) is 6.70. The molecule has 0 saturated heterocycles. The van der Waals surface area contributed by atoms with Crippen molar-refractivity contribution in [2.24, 2.45) is 11.8 Å². The number of rotatable bonds is 7. The minimum atomic E-state index is -1.04. The second kappa shape index (κ2) is 10.9. The number of anilines is 2. The van der Waals surface area contributed by atoms with Gasteiger partial charge < -0.3 is 15.3 Å². The molecule has 36 heavy (non-hydrogen) atoms. The van der Waals surface area contributed by atoms with Gasteiger partial charge in [0.05, 0.1) is 16.9 Å². The van der Waals surface area contributed by atoms with E-state index >= 15 is 0 Å². The summed E-state index contributed by atoms with van der Waals surface area (Å²) in [5.74, 6) is -0.681. The molecule has 0 spiro atoms. The molecule has 9 heteroatoms. The first-order valence-corrected chi connectivity index (χ1v) is 13.9. The Morgan fingerprint density at radius 3 is 2.31 bits per heavy atom. The molecule has 0 aliphatic heterocycles. The number of hydrogen-bond donors (Lipinski definition) is 2. The third-order valence-corrected chi connectivity index (χ3v) is 8.75. The number of thiophene rings is 1. The number of carboxylic acids is 1. The molecule has 0 unspecified atom stereocenters. The Balaban J connectivity index is 1.59. The van der Waals surface area contributed by atoms with E-state index in [0.29, 0.717) is 27.9 Å². The number of nitrogens with one attached hydrogen (secondary N) is 1. The molecule has 2 amide bonds. The lowest BCUT2D eigenvalue weighted by molar-refractivity contribution is -0.123. The maximum absolute atomic E-state index is 13.5. The second-order valence-electron chi connectivity index (χ2n) is 9.69. The summed E-state index contributed by atoms with van der Waals surface area (Å²) in [6.45, 7) is 7.86. The van der Waals surface area contributed by atoms with Gasteiger partial charge in [0.15, 0.2) is 0 Å². The zero-order valence-electron chi connectivity index (χ0n) is 20.9. The third kappa shape index (κ3) is 5.52. The fourth-order valence-corrected chi connectivity index (χ4v) is 6.33. The summed E-state index contributed by atoms with van der Waals surface area (Å²) in [5, 5.41) is 12.8. The van der Waals surface area contributed by atoms with E-state index in [9.17, 15) is 19.5 Å². The van der Waals surface area contributed by atoms with E-state index < -0.39 is 5.97 Å². The molecule has 2 N–H and O–H groups in total. The number of carbonyl (C=O) groups excluding carboxylic acids is 2. The van der Waals surface area contributed by atoms with Crippen LogP contribution in [-0.4, -0.2) is 33.9 Å². The van der Waals surface area contributed by atoms with E-state index in [1.54, 1.807) is 29.5 Å². The summed E-state index contributed by atoms with van der Waals surface area (Å²) < 4.78 is 0. The summed E-state index contributed by atoms with van der Waals surface area (Å²) in [5.41, 5.74) is 4.25. The van der Waals surface area contributed by atoms with Crippen molar-refractivity contribution >= 4 is 51.8 Å². The zero-order valence-corrected chi connectivity index (χ0v) is 22.5. The van der Waals surface area contributed by atoms with Gasteiger partial charge in [0, 0.05) is 22.5 Å². The van der Waals surface area contributed by atoms with Gasteiger partial charge in [-0.3, -0.25) is 9.59 Å². The quantitative estimate of drug-likeness (QED) is 0.358. The molecule has 1 aliphatic rings. The van der Waals surface area contributed by atoms with Gasteiger partial charge >= 0.3 is 5.97 Å². The number of carbonyl (C=O) groups is 3. The molecule has 1 aromatic carbocycles. The van der Waals surface area contributed by atoms with Gasteiger partial charge in [0.25, 0.3) is 5.91 Å². The van der Waals surface area contributed by atoms with Crippen LogP contribution in [0.1, 0.15) is 71.5 Å². The molecule has 1 saturated carbocycles. The van der Waals surface area contributed by atoms with Crippen LogP contribution >= 0.6 is 22.7 Å². The van der Waals surface area contributed by atoms with Crippen LogP contribution in [0.2, 0.25) is 0 Å². The lowest BCUT2D eigenvalue weighted by Gasteiger charge is -2.33. The van der Waals surface area contributed by atoms with Crippen molar-refractivity contribution in [1.29, 1.82) is 0 Å². The Kier molecular flexibility index (Phi) is 7.90. The molecule has 0 atom stereocenters. The van der Waals surface area contributed by atoms with E-state index in [1.165, 1.54) is 11.3 Å². The molecular weight excluding hydrogens is 494 g/mol. The molecule has 2 heterocycles. The lowest BCUT2D eigenvalue weighted by atomic mass is 9.82. The fraction of sp³-hybridized carbons (Fsp3) is 0.407. The van der Waals surface area contributed by atoms with Crippen LogP contribution in [-0.2, 0) is 4.79 Å². The van der Waals surface area contributed by atoms with Crippen LogP contribution in [0, 0.1) is 18.8 Å². The first-order valence-electron chi connectivity index (χ1n) is 12.2. The maximum atomic E-state index is 13.5. The van der Waals surface area contributed by atoms with Gasteiger partial charge in [0.1, 0.15) is 9.75 Å². The van der Waals surface area contributed by atoms with E-state index in [2.05, 4.69) is 17.2 Å². The molecule has 3 aromatic rings. The molecule has 1 aliphatic carbocycles. The van der Waals surface area contributed by atoms with Crippen LogP contribution in [0.15, 0.2) is 35.8 Å². The number of aromatic nitrogens is 1. The summed E-state index contributed by atoms with van der Waals surface area (Å²) in [4.78, 5) is 45.5. The van der Waals surface area contributed by atoms with E-state index in [-0.39, 0.29) is 28.7 Å². The Hall–Kier alpha value is -3.04. The largest absolute Gasteiger partial charge is 0.477 e. The standard InChI is InChI=1S/C27H31N3O4S2/c1-15(2)30(26(32)19-7-5-16(3)6-8-19)21-13-22(36-24(21)27(33)34)18-9-11-20(12-10-18)29-25(31)23-17(4)28-14-35-23/h9-16,19H,5-8H2,1-4H3,(H,29,31)(H,33,34). The Labute approximate surface area is 219 Å². The van der Waals surface area contributed by atoms with Crippen molar-refractivity contribution in [3.8, 4) is 10.4 Å². The van der Waals surface area contributed by atoms with Crippen molar-refractivity contribution in [3.63, 3.8) is 0 Å². The highest BCUT2D eigenvalue weighted by atomic mass is 32.1. The number of carboxylic acid groups (broad SMARTS) is 1. The monoisotopic (exact) mass is 525 g/mol. The number of amides is 2. The van der Waals surface area contributed by atoms with Gasteiger partial charge in [0.2, 0.25) is 5.91 Å². The van der Waals surface area contributed by atoms with Crippen molar-refractivity contribution in [2.75, 3.05) is 10.2 Å². The molecular formula is C27H31N3O4S2. The molecule has 2 aromatic heterocycles. The summed E-state index contributed by atoms with van der Waals surface area (Å²) in [7, 11) is 0. The van der Waals surface area contributed by atoms with Crippen LogP contribution < -0.4 is 10.2 Å².